The molecule has 112 valence electrons. The lowest BCUT2D eigenvalue weighted by Gasteiger charge is -2.15. The van der Waals surface area contributed by atoms with Crippen molar-refractivity contribution < 1.29 is 9.53 Å². The molecule has 4 nitrogen and oxygen atoms in total. The quantitative estimate of drug-likeness (QED) is 0.714. The fourth-order valence-electron chi connectivity index (χ4n) is 1.70. The molecular weight excluding hydrogens is 320 g/mol. The molecule has 1 amide bonds. The predicted octanol–water partition coefficient (Wildman–Crippen LogP) is 2.85. The number of carbonyl (C=O) groups excluding carboxylic acids is 1. The summed E-state index contributed by atoms with van der Waals surface area (Å²) in [7, 11) is 1.65. The average Bonchev–Trinajstić information content (AvgIpc) is 2.42. The molecule has 0 aliphatic carbocycles. The summed E-state index contributed by atoms with van der Waals surface area (Å²) in [6.07, 6.45) is 1.19. The van der Waals surface area contributed by atoms with Gasteiger partial charge in [-0.05, 0) is 28.4 Å². The SMILES string of the molecule is CNC(=O)CCCOc1c(Br)cccc1CNC(C)C. The first-order chi connectivity index (χ1) is 9.54. The molecule has 0 atom stereocenters. The number of para-hydroxylation sites is 1. The van der Waals surface area contributed by atoms with Crippen LogP contribution in [0.1, 0.15) is 32.3 Å². The maximum absolute atomic E-state index is 11.1. The van der Waals surface area contributed by atoms with Crippen molar-refractivity contribution >= 4 is 21.8 Å². The van der Waals surface area contributed by atoms with Gasteiger partial charge in [0.15, 0.2) is 0 Å². The van der Waals surface area contributed by atoms with Gasteiger partial charge in [0.05, 0.1) is 11.1 Å². The predicted molar refractivity (Wildman–Crippen MR) is 84.9 cm³/mol. The number of ether oxygens (including phenoxy) is 1. The molecule has 1 aromatic rings. The number of halogens is 1. The van der Waals surface area contributed by atoms with Crippen molar-refractivity contribution in [3.05, 3.63) is 28.2 Å². The summed E-state index contributed by atoms with van der Waals surface area (Å²) >= 11 is 3.52. The Kier molecular flexibility index (Phi) is 7.62. The van der Waals surface area contributed by atoms with E-state index in [1.165, 1.54) is 0 Å². The van der Waals surface area contributed by atoms with E-state index in [-0.39, 0.29) is 5.91 Å². The highest BCUT2D eigenvalue weighted by Crippen LogP contribution is 2.29. The molecule has 1 aromatic carbocycles. The van der Waals surface area contributed by atoms with Crippen LogP contribution in [-0.2, 0) is 11.3 Å². The topological polar surface area (TPSA) is 50.4 Å². The Morgan fingerprint density at radius 1 is 1.40 bits per heavy atom. The number of hydrogen-bond acceptors (Lipinski definition) is 3. The Bertz CT molecular complexity index is 436. The maximum Gasteiger partial charge on any atom is 0.219 e. The highest BCUT2D eigenvalue weighted by atomic mass is 79.9. The Morgan fingerprint density at radius 2 is 2.15 bits per heavy atom. The maximum atomic E-state index is 11.1. The third-order valence-corrected chi connectivity index (χ3v) is 3.45. The van der Waals surface area contributed by atoms with Crippen molar-refractivity contribution in [2.75, 3.05) is 13.7 Å². The fraction of sp³-hybridized carbons (Fsp3) is 0.533. The standard InChI is InChI=1S/C15H23BrN2O2/c1-11(2)18-10-12-6-4-7-13(16)15(12)20-9-5-8-14(19)17-3/h4,6-7,11,18H,5,8-10H2,1-3H3,(H,17,19). The van der Waals surface area contributed by atoms with Crippen molar-refractivity contribution in [2.24, 2.45) is 0 Å². The summed E-state index contributed by atoms with van der Waals surface area (Å²) in [5, 5.41) is 5.99. The summed E-state index contributed by atoms with van der Waals surface area (Å²) in [5.74, 6) is 0.903. The average molecular weight is 343 g/mol. The van der Waals surface area contributed by atoms with E-state index in [0.717, 1.165) is 22.3 Å². The van der Waals surface area contributed by atoms with Gasteiger partial charge in [-0.3, -0.25) is 4.79 Å². The van der Waals surface area contributed by atoms with E-state index in [2.05, 4.69) is 40.4 Å². The van der Waals surface area contributed by atoms with Gasteiger partial charge in [0.1, 0.15) is 5.75 Å². The summed E-state index contributed by atoms with van der Waals surface area (Å²) in [4.78, 5) is 11.1. The molecule has 0 bridgehead atoms. The van der Waals surface area contributed by atoms with Crippen LogP contribution >= 0.6 is 15.9 Å². The molecule has 0 aliphatic rings. The van der Waals surface area contributed by atoms with E-state index in [0.29, 0.717) is 25.5 Å². The van der Waals surface area contributed by atoms with Crippen LogP contribution in [0.5, 0.6) is 5.75 Å². The van der Waals surface area contributed by atoms with E-state index < -0.39 is 0 Å². The first-order valence-electron chi connectivity index (χ1n) is 6.88. The second kappa shape index (κ2) is 8.97. The lowest BCUT2D eigenvalue weighted by molar-refractivity contribution is -0.120. The van der Waals surface area contributed by atoms with Crippen molar-refractivity contribution in [2.45, 2.75) is 39.3 Å². The molecule has 0 saturated carbocycles. The number of carbonyl (C=O) groups is 1. The summed E-state index contributed by atoms with van der Waals surface area (Å²) in [5.41, 5.74) is 1.12. The van der Waals surface area contributed by atoms with Crippen LogP contribution in [0.2, 0.25) is 0 Å². The minimum Gasteiger partial charge on any atom is -0.492 e. The van der Waals surface area contributed by atoms with E-state index >= 15 is 0 Å². The third kappa shape index (κ3) is 5.92. The number of nitrogens with one attached hydrogen (secondary N) is 2. The minimum absolute atomic E-state index is 0.0439. The molecule has 0 unspecified atom stereocenters. The molecule has 0 saturated heterocycles. The van der Waals surface area contributed by atoms with Gasteiger partial charge < -0.3 is 15.4 Å². The van der Waals surface area contributed by atoms with Gasteiger partial charge in [0.2, 0.25) is 5.91 Å². The molecule has 5 heteroatoms. The second-order valence-electron chi connectivity index (χ2n) is 4.89. The number of benzene rings is 1. The molecule has 1 rings (SSSR count). The summed E-state index contributed by atoms with van der Waals surface area (Å²) in [6.45, 7) is 5.52. The number of hydrogen-bond donors (Lipinski definition) is 2. The van der Waals surface area contributed by atoms with E-state index in [1.54, 1.807) is 7.05 Å². The third-order valence-electron chi connectivity index (χ3n) is 2.82. The minimum atomic E-state index is 0.0439. The van der Waals surface area contributed by atoms with Gasteiger partial charge in [-0.2, -0.15) is 0 Å². The molecule has 0 radical (unpaired) electrons. The van der Waals surface area contributed by atoms with Gasteiger partial charge in [-0.25, -0.2) is 0 Å². The molecule has 0 fully saturated rings. The van der Waals surface area contributed by atoms with Gasteiger partial charge >= 0.3 is 0 Å². The Balaban J connectivity index is 2.56. The molecule has 0 heterocycles. The van der Waals surface area contributed by atoms with E-state index in [1.807, 2.05) is 18.2 Å². The van der Waals surface area contributed by atoms with Gasteiger partial charge in [-0.1, -0.05) is 26.0 Å². The molecular formula is C15H23BrN2O2. The first-order valence-corrected chi connectivity index (χ1v) is 7.68. The fourth-order valence-corrected chi connectivity index (χ4v) is 2.22. The lowest BCUT2D eigenvalue weighted by atomic mass is 10.2. The van der Waals surface area contributed by atoms with E-state index in [9.17, 15) is 4.79 Å². The van der Waals surface area contributed by atoms with Crippen LogP contribution in [0.25, 0.3) is 0 Å². The van der Waals surface area contributed by atoms with Crippen LogP contribution in [0.3, 0.4) is 0 Å². The monoisotopic (exact) mass is 342 g/mol. The van der Waals surface area contributed by atoms with Gasteiger partial charge in [0.25, 0.3) is 0 Å². The molecule has 0 aromatic heterocycles. The summed E-state index contributed by atoms with van der Waals surface area (Å²) in [6, 6.07) is 6.44. The van der Waals surface area contributed by atoms with Crippen LogP contribution in [-0.4, -0.2) is 25.6 Å². The number of rotatable bonds is 8. The van der Waals surface area contributed by atoms with Gasteiger partial charge in [0, 0.05) is 31.6 Å². The van der Waals surface area contributed by atoms with Crippen molar-refractivity contribution in [3.8, 4) is 5.75 Å². The van der Waals surface area contributed by atoms with Gasteiger partial charge in [-0.15, -0.1) is 0 Å². The van der Waals surface area contributed by atoms with Crippen molar-refractivity contribution in [3.63, 3.8) is 0 Å². The smallest absolute Gasteiger partial charge is 0.219 e. The Hall–Kier alpha value is -1.07. The lowest BCUT2D eigenvalue weighted by Crippen LogP contribution is -2.22. The van der Waals surface area contributed by atoms with Crippen molar-refractivity contribution in [1.82, 2.24) is 10.6 Å². The summed E-state index contributed by atoms with van der Waals surface area (Å²) < 4.78 is 6.77. The normalized spacial score (nSPS) is 10.7. The molecule has 20 heavy (non-hydrogen) atoms. The van der Waals surface area contributed by atoms with Crippen LogP contribution in [0, 0.1) is 0 Å². The van der Waals surface area contributed by atoms with Crippen molar-refractivity contribution in [1.29, 1.82) is 0 Å². The Labute approximate surface area is 129 Å². The Morgan fingerprint density at radius 3 is 2.80 bits per heavy atom. The highest BCUT2D eigenvalue weighted by Gasteiger charge is 2.09. The number of amides is 1. The largest absolute Gasteiger partial charge is 0.492 e. The molecule has 2 N–H and O–H groups in total. The van der Waals surface area contributed by atoms with Crippen LogP contribution in [0.15, 0.2) is 22.7 Å². The zero-order valence-corrected chi connectivity index (χ0v) is 13.9. The zero-order valence-electron chi connectivity index (χ0n) is 12.3. The zero-order chi connectivity index (χ0) is 15.0. The first kappa shape index (κ1) is 17.0. The highest BCUT2D eigenvalue weighted by molar-refractivity contribution is 9.10. The van der Waals surface area contributed by atoms with Crippen LogP contribution in [0.4, 0.5) is 0 Å². The molecule has 0 spiro atoms. The van der Waals surface area contributed by atoms with E-state index in [4.69, 9.17) is 4.74 Å². The molecule has 0 aliphatic heterocycles. The van der Waals surface area contributed by atoms with Crippen LogP contribution < -0.4 is 15.4 Å². The second-order valence-corrected chi connectivity index (χ2v) is 5.74.